The normalized spacial score (nSPS) is 7.04. The standard InChI is InChI=1S/C15H15NO.5CO.W/c1-11-15(12(2)17)14(9-10-16(11)3)13-7-5-4-6-8-13;5*1-2;/h4-9H,1-3H3;;;;;;. The van der Waals surface area contributed by atoms with Gasteiger partial charge in [-0.25, -0.2) is 0 Å². The van der Waals surface area contributed by atoms with Crippen LogP contribution in [0.25, 0.3) is 11.1 Å². The average molecular weight is 549 g/mol. The van der Waals surface area contributed by atoms with Crippen LogP contribution in [0.3, 0.4) is 0 Å². The zero-order valence-electron chi connectivity index (χ0n) is 15.3. The van der Waals surface area contributed by atoms with E-state index < -0.39 is 0 Å². The van der Waals surface area contributed by atoms with Gasteiger partial charge in [0.05, 0.1) is 0 Å². The molecule has 2 aromatic rings. The second-order valence-corrected chi connectivity index (χ2v) is 5.84. The van der Waals surface area contributed by atoms with Crippen molar-refractivity contribution in [3.63, 3.8) is 0 Å². The van der Waals surface area contributed by atoms with Crippen LogP contribution in [-0.4, -0.2) is 10.4 Å². The number of pyridine rings is 1. The average Bonchev–Trinajstić information content (AvgIpc) is 2.79. The number of hydrogen-bond donors (Lipinski definition) is 0. The number of Topliss-reactive ketones (excluding diaryl/α,β-unsaturated/α-hetero) is 1. The van der Waals surface area contributed by atoms with Crippen molar-refractivity contribution in [2.75, 3.05) is 0 Å². The van der Waals surface area contributed by atoms with Crippen molar-refractivity contribution in [1.29, 1.82) is 0 Å². The molecular formula is C20H15NO6W. The predicted octanol–water partition coefficient (Wildman–Crippen LogP) is 3.09. The van der Waals surface area contributed by atoms with E-state index >= 15 is 0 Å². The molecule has 0 N–H and O–H groups in total. The van der Waals surface area contributed by atoms with E-state index in [1.807, 2.05) is 32.2 Å². The number of hydrogen-bond acceptors (Lipinski definition) is 1. The first-order chi connectivity index (χ1) is 13.5. The minimum atomic E-state index is 0.122. The molecule has 0 saturated carbocycles. The van der Waals surface area contributed by atoms with Crippen molar-refractivity contribution >= 4 is 5.78 Å². The summed E-state index contributed by atoms with van der Waals surface area (Å²) in [5.41, 5.74) is 4.01. The minimum absolute atomic E-state index is 0.122. The zero-order chi connectivity index (χ0) is 23.3. The Morgan fingerprint density at radius 1 is 0.893 bits per heavy atom. The SMILES string of the molecule is CC(=O)c1c(-c2ccccc2)c[c](=[W])n(C)c1C.[C-]#[O+].[C-]#[O+].[C-]#[O+].[C-]#[O+].[C-]#[O+]. The van der Waals surface area contributed by atoms with Gasteiger partial charge in [-0.3, -0.25) is 0 Å². The molecule has 0 radical (unpaired) electrons. The number of carbonyl (C=O) groups excluding carboxylic acids is 1. The Labute approximate surface area is 174 Å². The van der Waals surface area contributed by atoms with Gasteiger partial charge in [-0.2, -0.15) is 0 Å². The predicted molar refractivity (Wildman–Crippen MR) is 88.5 cm³/mol. The van der Waals surface area contributed by atoms with Crippen molar-refractivity contribution in [2.45, 2.75) is 13.8 Å². The van der Waals surface area contributed by atoms with E-state index in [1.54, 1.807) is 6.92 Å². The van der Waals surface area contributed by atoms with E-state index in [0.717, 1.165) is 22.4 Å². The van der Waals surface area contributed by atoms with Gasteiger partial charge in [0.15, 0.2) is 0 Å². The fourth-order valence-electron chi connectivity index (χ4n) is 2.11. The van der Waals surface area contributed by atoms with Crippen LogP contribution in [0.4, 0.5) is 0 Å². The molecule has 7 nitrogen and oxygen atoms in total. The third-order valence-corrected chi connectivity index (χ3v) is 4.58. The zero-order valence-corrected chi connectivity index (χ0v) is 18.2. The van der Waals surface area contributed by atoms with Crippen LogP contribution in [0, 0.1) is 43.8 Å². The van der Waals surface area contributed by atoms with Crippen LogP contribution in [0.15, 0.2) is 36.4 Å². The summed E-state index contributed by atoms with van der Waals surface area (Å²) in [4.78, 5) is 11.9. The van der Waals surface area contributed by atoms with Gasteiger partial charge in [-0.05, 0) is 0 Å². The van der Waals surface area contributed by atoms with Crippen molar-refractivity contribution in [3.05, 3.63) is 84.6 Å². The Morgan fingerprint density at radius 3 is 1.64 bits per heavy atom. The first kappa shape index (κ1) is 33.0. The van der Waals surface area contributed by atoms with E-state index in [2.05, 4.69) is 56.0 Å². The number of carbonyl (C=O) groups is 1. The van der Waals surface area contributed by atoms with Crippen molar-refractivity contribution in [2.24, 2.45) is 7.05 Å². The van der Waals surface area contributed by atoms with E-state index in [1.165, 1.54) is 23.0 Å². The molecule has 1 aromatic carbocycles. The molecule has 0 atom stereocenters. The Morgan fingerprint density at radius 2 is 1.29 bits per heavy atom. The third-order valence-electron chi connectivity index (χ3n) is 3.17. The molecule has 142 valence electrons. The molecule has 0 aliphatic carbocycles. The van der Waals surface area contributed by atoms with E-state index in [-0.39, 0.29) is 5.78 Å². The summed E-state index contributed by atoms with van der Waals surface area (Å²) in [5, 5.41) is 0. The summed E-state index contributed by atoms with van der Waals surface area (Å²) in [5.74, 6) is 0.122. The maximum absolute atomic E-state index is 11.9. The quantitative estimate of drug-likeness (QED) is 0.319. The molecular weight excluding hydrogens is 534 g/mol. The van der Waals surface area contributed by atoms with Gasteiger partial charge in [-0.1, -0.05) is 0 Å². The Bertz CT molecular complexity index is 839. The number of nitrogens with zero attached hydrogens (tertiary/aromatic N) is 1. The monoisotopic (exact) mass is 549 g/mol. The van der Waals surface area contributed by atoms with Crippen LogP contribution in [0.1, 0.15) is 23.0 Å². The van der Waals surface area contributed by atoms with Gasteiger partial charge in [0.2, 0.25) is 0 Å². The van der Waals surface area contributed by atoms with E-state index in [0.29, 0.717) is 0 Å². The first-order valence-corrected chi connectivity index (χ1v) is 8.28. The summed E-state index contributed by atoms with van der Waals surface area (Å²) < 4.78 is 40.8. The fraction of sp³-hybridized carbons (Fsp3) is 0.150. The number of aromatic nitrogens is 1. The summed E-state index contributed by atoms with van der Waals surface area (Å²) in [7, 11) is 2.01. The molecule has 1 aromatic heterocycles. The molecule has 0 saturated heterocycles. The van der Waals surface area contributed by atoms with Gasteiger partial charge in [0.1, 0.15) is 0 Å². The van der Waals surface area contributed by atoms with E-state index in [4.69, 9.17) is 23.3 Å². The van der Waals surface area contributed by atoms with Crippen molar-refractivity contribution in [3.8, 4) is 11.1 Å². The molecule has 0 aliphatic rings. The van der Waals surface area contributed by atoms with Crippen LogP contribution in [0.2, 0.25) is 0 Å². The topological polar surface area (TPSA) is 122 Å². The summed E-state index contributed by atoms with van der Waals surface area (Å²) in [6.07, 6.45) is 0. The summed E-state index contributed by atoms with van der Waals surface area (Å²) >= 11 is 1.41. The second kappa shape index (κ2) is 22.5. The Hall–Kier alpha value is -2.57. The van der Waals surface area contributed by atoms with Gasteiger partial charge in [0.25, 0.3) is 0 Å². The third kappa shape index (κ3) is 10.5. The van der Waals surface area contributed by atoms with Crippen molar-refractivity contribution < 1.29 is 47.4 Å². The molecule has 0 spiro atoms. The van der Waals surface area contributed by atoms with Crippen molar-refractivity contribution in [1.82, 2.24) is 4.57 Å². The molecule has 1 heterocycles. The fourth-order valence-corrected chi connectivity index (χ4v) is 3.03. The Kier molecular flexibility index (Phi) is 26.5. The summed E-state index contributed by atoms with van der Waals surface area (Å²) in [6.45, 7) is 26.1. The van der Waals surface area contributed by atoms with Gasteiger partial charge >= 0.3 is 174 Å². The Balaban J connectivity index is -0.000000251. The number of rotatable bonds is 2. The van der Waals surface area contributed by atoms with Crippen LogP contribution < -0.4 is 0 Å². The molecule has 0 aliphatic heterocycles. The van der Waals surface area contributed by atoms with Gasteiger partial charge in [0, 0.05) is 0 Å². The molecule has 0 bridgehead atoms. The first-order valence-electron chi connectivity index (χ1n) is 6.81. The van der Waals surface area contributed by atoms with Crippen LogP contribution >= 0.6 is 0 Å². The number of ketones is 1. The van der Waals surface area contributed by atoms with Crippen LogP contribution in [0.5, 0.6) is 0 Å². The summed E-state index contributed by atoms with van der Waals surface area (Å²) in [6, 6.07) is 12.2. The van der Waals surface area contributed by atoms with E-state index in [9.17, 15) is 4.79 Å². The second-order valence-electron chi connectivity index (χ2n) is 4.34. The van der Waals surface area contributed by atoms with Gasteiger partial charge in [-0.15, -0.1) is 0 Å². The van der Waals surface area contributed by atoms with Crippen LogP contribution in [-0.2, 0) is 49.7 Å². The molecule has 8 heteroatoms. The molecule has 0 fully saturated rings. The molecule has 0 amide bonds. The van der Waals surface area contributed by atoms with Gasteiger partial charge < -0.3 is 0 Å². The molecule has 0 unspecified atom stereocenters. The molecule has 2 rings (SSSR count). The maximum atomic E-state index is 11.9. The number of benzene rings is 1. The molecule has 28 heavy (non-hydrogen) atoms.